The summed E-state index contributed by atoms with van der Waals surface area (Å²) in [5.74, 6) is -0.669. The minimum absolute atomic E-state index is 0.127. The summed E-state index contributed by atoms with van der Waals surface area (Å²) in [6, 6.07) is 7.34. The molecule has 0 bridgehead atoms. The molecule has 1 aliphatic carbocycles. The van der Waals surface area contributed by atoms with E-state index in [1.807, 2.05) is 16.7 Å². The summed E-state index contributed by atoms with van der Waals surface area (Å²) in [4.78, 5) is 16.1. The molecule has 3 N–H and O–H groups in total. The number of hydrogen-bond acceptors (Lipinski definition) is 3. The molecule has 116 valence electrons. The van der Waals surface area contributed by atoms with Gasteiger partial charge in [0.25, 0.3) is 0 Å². The van der Waals surface area contributed by atoms with Crippen LogP contribution in [0.4, 0.5) is 0 Å². The Labute approximate surface area is 133 Å². The van der Waals surface area contributed by atoms with Crippen LogP contribution in [-0.2, 0) is 10.2 Å². The highest BCUT2D eigenvalue weighted by Gasteiger charge is 2.62. The minimum Gasteiger partial charge on any atom is -0.481 e. The Kier molecular flexibility index (Phi) is 3.93. The highest BCUT2D eigenvalue weighted by molar-refractivity contribution is 6.30. The summed E-state index contributed by atoms with van der Waals surface area (Å²) in [5.41, 5.74) is 6.21. The molecule has 1 aromatic carbocycles. The second kappa shape index (κ2) is 5.74. The van der Waals surface area contributed by atoms with E-state index in [9.17, 15) is 9.90 Å². The van der Waals surface area contributed by atoms with Gasteiger partial charge in [0.1, 0.15) is 5.41 Å². The van der Waals surface area contributed by atoms with Gasteiger partial charge < -0.3 is 15.4 Å². The first kappa shape index (κ1) is 15.1. The number of hydrogen-bond donors (Lipinski definition) is 2. The molecule has 2 aromatic rings. The minimum atomic E-state index is -0.840. The Bertz CT molecular complexity index is 683. The third kappa shape index (κ3) is 2.51. The molecule has 3 rings (SSSR count). The molecule has 0 saturated heterocycles. The molecule has 0 aliphatic heterocycles. The smallest absolute Gasteiger partial charge is 0.316 e. The number of nitrogens with zero attached hydrogens (tertiary/aromatic N) is 2. The molecule has 0 spiro atoms. The monoisotopic (exact) mass is 319 g/mol. The Hall–Kier alpha value is -1.85. The number of halogens is 1. The Morgan fingerprint density at radius 3 is 2.82 bits per heavy atom. The van der Waals surface area contributed by atoms with Crippen molar-refractivity contribution in [3.8, 4) is 5.69 Å². The van der Waals surface area contributed by atoms with Crippen LogP contribution in [0.2, 0.25) is 5.02 Å². The van der Waals surface area contributed by atoms with E-state index >= 15 is 0 Å². The lowest BCUT2D eigenvalue weighted by molar-refractivity contribution is -0.140. The largest absolute Gasteiger partial charge is 0.481 e. The number of carbonyl (C=O) groups is 1. The molecule has 1 aromatic heterocycles. The summed E-state index contributed by atoms with van der Waals surface area (Å²) in [7, 11) is 0. The number of carboxylic acids is 1. The standard InChI is InChI=1S/C16H18ClN3O2/c17-12-3-5-13(6-4-12)20-9-14(19-10-20)16(15(21)22)8-11(16)2-1-7-18/h3-6,9-11H,1-2,7-8,18H2,(H,21,22). The van der Waals surface area contributed by atoms with Crippen LogP contribution >= 0.6 is 11.6 Å². The number of rotatable bonds is 6. The van der Waals surface area contributed by atoms with E-state index in [1.54, 1.807) is 24.7 Å². The van der Waals surface area contributed by atoms with Crippen LogP contribution in [0.1, 0.15) is 25.0 Å². The second-order valence-electron chi connectivity index (χ2n) is 5.75. The molecular weight excluding hydrogens is 302 g/mol. The highest BCUT2D eigenvalue weighted by Crippen LogP contribution is 2.56. The number of benzene rings is 1. The van der Waals surface area contributed by atoms with E-state index in [1.165, 1.54) is 0 Å². The van der Waals surface area contributed by atoms with Crippen molar-refractivity contribution < 1.29 is 9.90 Å². The zero-order valence-electron chi connectivity index (χ0n) is 12.1. The Morgan fingerprint density at radius 2 is 2.18 bits per heavy atom. The maximum absolute atomic E-state index is 11.8. The van der Waals surface area contributed by atoms with Crippen molar-refractivity contribution in [3.63, 3.8) is 0 Å². The lowest BCUT2D eigenvalue weighted by atomic mass is 9.98. The van der Waals surface area contributed by atoms with Crippen LogP contribution in [0.15, 0.2) is 36.8 Å². The topological polar surface area (TPSA) is 81.1 Å². The molecule has 22 heavy (non-hydrogen) atoms. The summed E-state index contributed by atoms with van der Waals surface area (Å²) >= 11 is 5.88. The van der Waals surface area contributed by atoms with Gasteiger partial charge >= 0.3 is 5.97 Å². The molecule has 1 fully saturated rings. The maximum Gasteiger partial charge on any atom is 0.316 e. The van der Waals surface area contributed by atoms with Gasteiger partial charge in [0.15, 0.2) is 0 Å². The average molecular weight is 320 g/mol. The van der Waals surface area contributed by atoms with Crippen molar-refractivity contribution in [3.05, 3.63) is 47.5 Å². The zero-order valence-corrected chi connectivity index (χ0v) is 12.8. The van der Waals surface area contributed by atoms with Crippen LogP contribution in [0.25, 0.3) is 5.69 Å². The van der Waals surface area contributed by atoms with Gasteiger partial charge in [-0.15, -0.1) is 0 Å². The fraction of sp³-hybridized carbons (Fsp3) is 0.375. The average Bonchev–Trinajstić information content (AvgIpc) is 3.04. The van der Waals surface area contributed by atoms with Gasteiger partial charge in [0.05, 0.1) is 12.0 Å². The van der Waals surface area contributed by atoms with Gasteiger partial charge in [0.2, 0.25) is 0 Å². The van der Waals surface area contributed by atoms with Crippen molar-refractivity contribution in [2.24, 2.45) is 11.7 Å². The van der Waals surface area contributed by atoms with E-state index in [-0.39, 0.29) is 5.92 Å². The lowest BCUT2D eigenvalue weighted by Gasteiger charge is -2.09. The van der Waals surface area contributed by atoms with Gasteiger partial charge in [-0.3, -0.25) is 4.79 Å². The fourth-order valence-electron chi connectivity index (χ4n) is 3.04. The normalized spacial score (nSPS) is 23.5. The predicted molar refractivity (Wildman–Crippen MR) is 84.3 cm³/mol. The Morgan fingerprint density at radius 1 is 1.45 bits per heavy atom. The number of aromatic nitrogens is 2. The van der Waals surface area contributed by atoms with Gasteiger partial charge in [0, 0.05) is 16.9 Å². The third-order valence-corrected chi connectivity index (χ3v) is 4.66. The highest BCUT2D eigenvalue weighted by atomic mass is 35.5. The van der Waals surface area contributed by atoms with Gasteiger partial charge in [-0.2, -0.15) is 0 Å². The zero-order chi connectivity index (χ0) is 15.7. The first-order valence-corrected chi connectivity index (χ1v) is 7.69. The van der Waals surface area contributed by atoms with Crippen LogP contribution in [0, 0.1) is 5.92 Å². The number of imidazole rings is 1. The third-order valence-electron chi connectivity index (χ3n) is 4.41. The fourth-order valence-corrected chi connectivity index (χ4v) is 3.16. The Balaban J connectivity index is 1.86. The number of nitrogens with two attached hydrogens (primary N) is 1. The lowest BCUT2D eigenvalue weighted by Crippen LogP contribution is -2.23. The van der Waals surface area contributed by atoms with Crippen molar-refractivity contribution in [2.45, 2.75) is 24.7 Å². The summed E-state index contributed by atoms with van der Waals surface area (Å²) in [6.07, 6.45) is 5.77. The molecule has 5 nitrogen and oxygen atoms in total. The van der Waals surface area contributed by atoms with Gasteiger partial charge in [-0.25, -0.2) is 4.98 Å². The van der Waals surface area contributed by atoms with E-state index in [0.717, 1.165) is 18.5 Å². The van der Waals surface area contributed by atoms with Crippen molar-refractivity contribution in [1.82, 2.24) is 9.55 Å². The van der Waals surface area contributed by atoms with E-state index in [2.05, 4.69) is 4.98 Å². The van der Waals surface area contributed by atoms with Gasteiger partial charge in [-0.1, -0.05) is 11.6 Å². The van der Waals surface area contributed by atoms with Crippen LogP contribution in [0.5, 0.6) is 0 Å². The number of aliphatic carboxylic acids is 1. The summed E-state index contributed by atoms with van der Waals surface area (Å²) in [6.45, 7) is 0.589. The maximum atomic E-state index is 11.8. The molecule has 2 unspecified atom stereocenters. The van der Waals surface area contributed by atoms with Crippen LogP contribution in [0.3, 0.4) is 0 Å². The van der Waals surface area contributed by atoms with Gasteiger partial charge in [-0.05, 0) is 56.0 Å². The van der Waals surface area contributed by atoms with E-state index in [4.69, 9.17) is 17.3 Å². The number of carboxylic acid groups (broad SMARTS) is 1. The van der Waals surface area contributed by atoms with E-state index < -0.39 is 11.4 Å². The van der Waals surface area contributed by atoms with Crippen molar-refractivity contribution in [1.29, 1.82) is 0 Å². The molecule has 1 saturated carbocycles. The second-order valence-corrected chi connectivity index (χ2v) is 6.19. The van der Waals surface area contributed by atoms with Crippen molar-refractivity contribution in [2.75, 3.05) is 6.54 Å². The summed E-state index contributed by atoms with van der Waals surface area (Å²) in [5, 5.41) is 10.3. The van der Waals surface area contributed by atoms with Crippen LogP contribution < -0.4 is 5.73 Å². The molecule has 1 aliphatic rings. The molecule has 6 heteroatoms. The SMILES string of the molecule is NCCCC1CC1(C(=O)O)c1cn(-c2ccc(Cl)cc2)cn1. The molecule has 0 amide bonds. The first-order chi connectivity index (χ1) is 10.6. The molecule has 0 radical (unpaired) electrons. The first-order valence-electron chi connectivity index (χ1n) is 7.32. The van der Waals surface area contributed by atoms with Crippen molar-refractivity contribution >= 4 is 17.6 Å². The predicted octanol–water partition coefficient (Wildman–Crippen LogP) is 2.61. The van der Waals surface area contributed by atoms with Crippen LogP contribution in [-0.4, -0.2) is 27.2 Å². The van der Waals surface area contributed by atoms with E-state index in [0.29, 0.717) is 23.7 Å². The molecule has 1 heterocycles. The molecule has 2 atom stereocenters. The molecular formula is C16H18ClN3O2. The quantitative estimate of drug-likeness (QED) is 0.857. The summed E-state index contributed by atoms with van der Waals surface area (Å²) < 4.78 is 1.83.